The minimum Gasteiger partial charge on any atom is -0.352 e. The Hall–Kier alpha value is -2.83. The third-order valence-electron chi connectivity index (χ3n) is 4.94. The highest BCUT2D eigenvalue weighted by molar-refractivity contribution is 5.82. The smallest absolute Gasteiger partial charge is 0.352 e. The number of aromatic amines is 1. The van der Waals surface area contributed by atoms with E-state index in [0.29, 0.717) is 28.3 Å². The lowest BCUT2D eigenvalue weighted by molar-refractivity contribution is -0.137. The van der Waals surface area contributed by atoms with Gasteiger partial charge in [-0.15, -0.1) is 0 Å². The second-order valence-electron chi connectivity index (χ2n) is 7.03. The van der Waals surface area contributed by atoms with E-state index in [1.807, 2.05) is 26.8 Å². The van der Waals surface area contributed by atoms with E-state index in [-0.39, 0.29) is 11.6 Å². The van der Waals surface area contributed by atoms with Crippen LogP contribution in [0.15, 0.2) is 47.3 Å². The van der Waals surface area contributed by atoms with Crippen molar-refractivity contribution in [1.82, 2.24) is 9.97 Å². The maximum Gasteiger partial charge on any atom is 0.416 e. The molecule has 7 heteroatoms. The fraction of sp³-hybridized carbons (Fsp3) is 0.364. The molecule has 1 aromatic heterocycles. The van der Waals surface area contributed by atoms with Crippen molar-refractivity contribution in [2.45, 2.75) is 46.3 Å². The number of nitrogens with zero attached hydrogens (tertiary/aromatic N) is 2. The minimum atomic E-state index is -4.38. The van der Waals surface area contributed by atoms with Crippen LogP contribution >= 0.6 is 0 Å². The van der Waals surface area contributed by atoms with Crippen molar-refractivity contribution in [2.75, 3.05) is 11.9 Å². The first-order chi connectivity index (χ1) is 13.5. The van der Waals surface area contributed by atoms with Crippen molar-refractivity contribution in [2.24, 2.45) is 0 Å². The first-order valence-electron chi connectivity index (χ1n) is 9.34. The van der Waals surface area contributed by atoms with Gasteiger partial charge in [0.05, 0.1) is 17.2 Å². The molecule has 1 heterocycles. The molecule has 0 fully saturated rings. The summed E-state index contributed by atoms with van der Waals surface area (Å²) < 4.78 is 38.5. The summed E-state index contributed by atoms with van der Waals surface area (Å²) in [5.41, 5.74) is 1.49. The van der Waals surface area contributed by atoms with E-state index in [1.54, 1.807) is 18.9 Å². The van der Waals surface area contributed by atoms with Crippen LogP contribution in [-0.2, 0) is 6.18 Å². The molecule has 1 unspecified atom stereocenters. The van der Waals surface area contributed by atoms with Gasteiger partial charge in [-0.3, -0.25) is 4.79 Å². The van der Waals surface area contributed by atoms with E-state index < -0.39 is 11.7 Å². The fourth-order valence-electron chi connectivity index (χ4n) is 3.08. The molecule has 0 radical (unpaired) electrons. The van der Waals surface area contributed by atoms with Crippen molar-refractivity contribution in [3.63, 3.8) is 0 Å². The molecular weight excluding hydrogens is 379 g/mol. The number of halogens is 3. The van der Waals surface area contributed by atoms with Gasteiger partial charge in [0.15, 0.2) is 0 Å². The average Bonchev–Trinajstić information content (AvgIpc) is 2.65. The number of aromatic nitrogens is 2. The van der Waals surface area contributed by atoms with E-state index >= 15 is 0 Å². The summed E-state index contributed by atoms with van der Waals surface area (Å²) in [4.78, 5) is 21.7. The van der Waals surface area contributed by atoms with Gasteiger partial charge in [-0.2, -0.15) is 13.2 Å². The molecule has 0 aliphatic rings. The quantitative estimate of drug-likeness (QED) is 0.631. The Kier molecular flexibility index (Phi) is 6.72. The van der Waals surface area contributed by atoms with Crippen molar-refractivity contribution in [1.29, 1.82) is 0 Å². The largest absolute Gasteiger partial charge is 0.416 e. The summed E-state index contributed by atoms with van der Waals surface area (Å²) in [5.74, 6) is 0.887. The summed E-state index contributed by atoms with van der Waals surface area (Å²) in [6, 6.07) is 4.70. The molecule has 2 rings (SSSR count). The van der Waals surface area contributed by atoms with Crippen LogP contribution < -0.4 is 10.5 Å². The second-order valence-corrected chi connectivity index (χ2v) is 7.03. The van der Waals surface area contributed by atoms with Gasteiger partial charge in [0.2, 0.25) is 0 Å². The van der Waals surface area contributed by atoms with E-state index in [9.17, 15) is 18.0 Å². The molecule has 0 bridgehead atoms. The number of allylic oxidation sites excluding steroid dienone is 3. The van der Waals surface area contributed by atoms with E-state index in [4.69, 9.17) is 0 Å². The SMILES string of the molecule is C=C(/C(C)=C/CC)c1c(N(C)C(C)c2ccc(C(F)(F)F)cc2)nc(C)[nH]c1=O. The predicted molar refractivity (Wildman–Crippen MR) is 111 cm³/mol. The number of aryl methyl sites for hydroxylation is 1. The van der Waals surface area contributed by atoms with Crippen LogP contribution in [0.4, 0.5) is 19.0 Å². The average molecular weight is 405 g/mol. The summed E-state index contributed by atoms with van der Waals surface area (Å²) >= 11 is 0. The van der Waals surface area contributed by atoms with Crippen molar-refractivity contribution in [3.8, 4) is 0 Å². The summed E-state index contributed by atoms with van der Waals surface area (Å²) in [7, 11) is 1.76. The van der Waals surface area contributed by atoms with Crippen LogP contribution in [0, 0.1) is 6.92 Å². The van der Waals surface area contributed by atoms with Crippen LogP contribution in [0.3, 0.4) is 0 Å². The molecule has 0 saturated heterocycles. The van der Waals surface area contributed by atoms with Crippen molar-refractivity contribution in [3.05, 3.63) is 75.4 Å². The zero-order chi connectivity index (χ0) is 21.9. The van der Waals surface area contributed by atoms with Gasteiger partial charge in [-0.25, -0.2) is 4.98 Å². The highest BCUT2D eigenvalue weighted by atomic mass is 19.4. The Bertz CT molecular complexity index is 972. The predicted octanol–water partition coefficient (Wildman–Crippen LogP) is 5.66. The van der Waals surface area contributed by atoms with Gasteiger partial charge in [0, 0.05) is 7.05 Å². The third kappa shape index (κ3) is 4.96. The molecule has 1 atom stereocenters. The van der Waals surface area contributed by atoms with Gasteiger partial charge in [0.25, 0.3) is 5.56 Å². The van der Waals surface area contributed by atoms with E-state index in [2.05, 4.69) is 16.5 Å². The number of H-pyrrole nitrogens is 1. The Morgan fingerprint density at radius 2 is 1.90 bits per heavy atom. The Labute approximate surface area is 168 Å². The van der Waals surface area contributed by atoms with Crippen molar-refractivity contribution < 1.29 is 13.2 Å². The zero-order valence-corrected chi connectivity index (χ0v) is 17.3. The lowest BCUT2D eigenvalue weighted by Gasteiger charge is -2.29. The molecular formula is C22H26F3N3O. The molecule has 156 valence electrons. The molecule has 0 saturated carbocycles. The Morgan fingerprint density at radius 3 is 2.41 bits per heavy atom. The summed E-state index contributed by atoms with van der Waals surface area (Å²) in [6.07, 6.45) is -1.60. The molecule has 0 amide bonds. The highest BCUT2D eigenvalue weighted by Crippen LogP contribution is 2.33. The maximum absolute atomic E-state index is 12.8. The number of nitrogens with one attached hydrogen (secondary N) is 1. The van der Waals surface area contributed by atoms with Crippen LogP contribution in [0.1, 0.15) is 55.7 Å². The molecule has 4 nitrogen and oxygen atoms in total. The molecule has 2 aromatic rings. The lowest BCUT2D eigenvalue weighted by Crippen LogP contribution is -2.28. The van der Waals surface area contributed by atoms with E-state index in [1.165, 1.54) is 12.1 Å². The molecule has 1 N–H and O–H groups in total. The van der Waals surface area contributed by atoms with Crippen LogP contribution in [0.25, 0.3) is 5.57 Å². The number of benzene rings is 1. The number of hydrogen-bond donors (Lipinski definition) is 1. The monoisotopic (exact) mass is 405 g/mol. The van der Waals surface area contributed by atoms with Crippen LogP contribution in [0.5, 0.6) is 0 Å². The Balaban J connectivity index is 2.49. The zero-order valence-electron chi connectivity index (χ0n) is 17.3. The topological polar surface area (TPSA) is 49.0 Å². The molecule has 0 spiro atoms. The normalized spacial score (nSPS) is 13.3. The van der Waals surface area contributed by atoms with Gasteiger partial charge in [0.1, 0.15) is 11.6 Å². The lowest BCUT2D eigenvalue weighted by atomic mass is 9.99. The molecule has 0 aliphatic carbocycles. The van der Waals surface area contributed by atoms with Crippen LogP contribution in [-0.4, -0.2) is 17.0 Å². The molecule has 1 aromatic carbocycles. The van der Waals surface area contributed by atoms with Gasteiger partial charge in [-0.1, -0.05) is 31.7 Å². The first-order valence-corrected chi connectivity index (χ1v) is 9.34. The number of anilines is 1. The number of hydrogen-bond acceptors (Lipinski definition) is 3. The Morgan fingerprint density at radius 1 is 1.31 bits per heavy atom. The number of alkyl halides is 3. The highest BCUT2D eigenvalue weighted by Gasteiger charge is 2.30. The summed E-state index contributed by atoms with van der Waals surface area (Å²) in [6.45, 7) is 11.5. The maximum atomic E-state index is 12.8. The molecule has 0 aliphatic heterocycles. The van der Waals surface area contributed by atoms with E-state index in [0.717, 1.165) is 24.1 Å². The second kappa shape index (κ2) is 8.68. The van der Waals surface area contributed by atoms with Gasteiger partial charge >= 0.3 is 6.18 Å². The van der Waals surface area contributed by atoms with Crippen molar-refractivity contribution >= 4 is 11.4 Å². The minimum absolute atomic E-state index is 0.298. The van der Waals surface area contributed by atoms with Crippen LogP contribution in [0.2, 0.25) is 0 Å². The number of rotatable bonds is 6. The van der Waals surface area contributed by atoms with Gasteiger partial charge < -0.3 is 9.88 Å². The summed E-state index contributed by atoms with van der Waals surface area (Å²) in [5, 5.41) is 0. The molecule has 29 heavy (non-hydrogen) atoms. The van der Waals surface area contributed by atoms with Gasteiger partial charge in [-0.05, 0) is 56.0 Å². The third-order valence-corrected chi connectivity index (χ3v) is 4.94. The first kappa shape index (κ1) is 22.5. The standard InChI is InChI=1S/C22H26F3N3O/c1-7-8-13(2)14(3)19-20(26-16(5)27-21(19)29)28(6)15(4)17-9-11-18(12-10-17)22(23,24)25/h8-12,15H,3,7H2,1-2,4-6H3,(H,26,27,29)/b13-8+. The fourth-order valence-corrected chi connectivity index (χ4v) is 3.08.